The minimum Gasteiger partial charge on any atom is -0.352 e. The Morgan fingerprint density at radius 1 is 1.05 bits per heavy atom. The van der Waals surface area contributed by atoms with Crippen molar-refractivity contribution in [1.82, 2.24) is 25.7 Å². The van der Waals surface area contributed by atoms with E-state index in [4.69, 9.17) is 0 Å². The van der Waals surface area contributed by atoms with Crippen molar-refractivity contribution in [2.24, 2.45) is 0 Å². The molecule has 0 radical (unpaired) electrons. The van der Waals surface area contributed by atoms with E-state index in [1.807, 2.05) is 13.8 Å². The van der Waals surface area contributed by atoms with Gasteiger partial charge in [0.1, 0.15) is 11.9 Å². The number of aromatic amines is 1. The zero-order valence-electron chi connectivity index (χ0n) is 24.0. The van der Waals surface area contributed by atoms with Gasteiger partial charge in [-0.1, -0.05) is 18.2 Å². The highest BCUT2D eigenvalue weighted by atomic mass is 19.1. The van der Waals surface area contributed by atoms with Crippen molar-refractivity contribution in [3.05, 3.63) is 98.2 Å². The summed E-state index contributed by atoms with van der Waals surface area (Å²) in [5.74, 6) is -1.32. The Bertz CT molecular complexity index is 1520. The van der Waals surface area contributed by atoms with Gasteiger partial charge in [-0.2, -0.15) is 5.10 Å². The molecule has 3 N–H and O–H groups in total. The fraction of sp³-hybridized carbons (Fsp3) is 0.387. The van der Waals surface area contributed by atoms with Crippen LogP contribution in [-0.2, 0) is 16.0 Å². The molecule has 1 aromatic heterocycles. The lowest BCUT2D eigenvalue weighted by Crippen LogP contribution is -2.54. The first kappa shape index (κ1) is 29.6. The molecule has 41 heavy (non-hydrogen) atoms. The molecule has 4 rings (SSSR count). The molecule has 2 aromatic carbocycles. The van der Waals surface area contributed by atoms with E-state index in [0.717, 1.165) is 11.1 Å². The first-order chi connectivity index (χ1) is 19.4. The lowest BCUT2D eigenvalue weighted by atomic mass is 9.98. The molecular weight excluding hydrogens is 525 g/mol. The normalized spacial score (nSPS) is 18.0. The number of amides is 3. The number of H-pyrrole nitrogens is 1. The van der Waals surface area contributed by atoms with Crippen LogP contribution in [0.4, 0.5) is 4.39 Å². The van der Waals surface area contributed by atoms with Gasteiger partial charge in [-0.05, 0) is 87.6 Å². The third-order valence-corrected chi connectivity index (χ3v) is 7.64. The Kier molecular flexibility index (Phi) is 9.00. The molecule has 1 aliphatic rings. The summed E-state index contributed by atoms with van der Waals surface area (Å²) < 4.78 is 14.1. The maximum absolute atomic E-state index is 14.1. The zero-order chi connectivity index (χ0) is 29.8. The summed E-state index contributed by atoms with van der Waals surface area (Å²) in [5.41, 5.74) is 3.82. The van der Waals surface area contributed by atoms with Crippen LogP contribution in [-0.4, -0.2) is 50.9 Å². The molecule has 0 aliphatic carbocycles. The van der Waals surface area contributed by atoms with E-state index in [-0.39, 0.29) is 35.5 Å². The van der Waals surface area contributed by atoms with Crippen molar-refractivity contribution < 1.29 is 18.8 Å². The number of aryl methyl sites for hydroxylation is 2. The average molecular weight is 562 g/mol. The highest BCUT2D eigenvalue weighted by Gasteiger charge is 2.42. The van der Waals surface area contributed by atoms with Crippen molar-refractivity contribution in [3.8, 4) is 0 Å². The molecule has 0 spiro atoms. The Morgan fingerprint density at radius 3 is 2.49 bits per heavy atom. The Balaban J connectivity index is 1.52. The van der Waals surface area contributed by atoms with Gasteiger partial charge in [-0.25, -0.2) is 9.49 Å². The fourth-order valence-electron chi connectivity index (χ4n) is 5.60. The van der Waals surface area contributed by atoms with E-state index in [1.54, 1.807) is 55.1 Å². The smallest absolute Gasteiger partial charge is 0.267 e. The molecule has 1 aliphatic heterocycles. The van der Waals surface area contributed by atoms with Gasteiger partial charge in [-0.3, -0.25) is 19.2 Å². The van der Waals surface area contributed by atoms with Crippen LogP contribution < -0.4 is 16.2 Å². The fourth-order valence-corrected chi connectivity index (χ4v) is 5.60. The number of likely N-dealkylation sites (tertiary alicyclic amines) is 1. The van der Waals surface area contributed by atoms with Crippen LogP contribution in [0.1, 0.15) is 78.0 Å². The van der Waals surface area contributed by atoms with E-state index in [2.05, 4.69) is 20.8 Å². The van der Waals surface area contributed by atoms with Gasteiger partial charge in [0.2, 0.25) is 11.8 Å². The first-order valence-corrected chi connectivity index (χ1v) is 13.7. The molecule has 0 unspecified atom stereocenters. The molecule has 10 heteroatoms. The minimum atomic E-state index is -0.873. The number of rotatable bonds is 8. The molecule has 4 atom stereocenters. The van der Waals surface area contributed by atoms with E-state index in [1.165, 1.54) is 19.1 Å². The number of carbonyl (C=O) groups excluding carboxylic acids is 3. The maximum atomic E-state index is 14.1. The van der Waals surface area contributed by atoms with Crippen molar-refractivity contribution in [2.45, 2.75) is 78.0 Å². The summed E-state index contributed by atoms with van der Waals surface area (Å²) in [4.78, 5) is 52.6. The topological polar surface area (TPSA) is 124 Å². The molecular formula is C31H36FN5O4. The summed E-state index contributed by atoms with van der Waals surface area (Å²) in [6, 6.07) is 11.2. The molecule has 9 nitrogen and oxygen atoms in total. The Labute approximate surface area is 238 Å². The summed E-state index contributed by atoms with van der Waals surface area (Å²) >= 11 is 0. The van der Waals surface area contributed by atoms with Gasteiger partial charge >= 0.3 is 0 Å². The van der Waals surface area contributed by atoms with Gasteiger partial charge in [0.25, 0.3) is 11.5 Å². The van der Waals surface area contributed by atoms with Crippen LogP contribution in [0.5, 0.6) is 0 Å². The standard InChI is InChI=1S/C31H36FN5O4/c1-17-13-24(10-9-22(17)15-25-14-18(2)35-36-30(25)40)29(39)34-20(4)31(41)37-27(19(3)33-21(5)38)11-12-28(37)23-7-6-8-26(32)16-23/h6-10,13-14,16,19-20,27-28H,11-12,15H2,1-5H3,(H,33,38)(H,34,39)(H,36,40)/t19-,20+,27+,28-/m0/s1. The van der Waals surface area contributed by atoms with Crippen molar-refractivity contribution in [3.63, 3.8) is 0 Å². The summed E-state index contributed by atoms with van der Waals surface area (Å²) in [6.45, 7) is 8.56. The largest absolute Gasteiger partial charge is 0.352 e. The Hall–Kier alpha value is -4.34. The Morgan fingerprint density at radius 2 is 1.80 bits per heavy atom. The second-order valence-electron chi connectivity index (χ2n) is 10.8. The highest BCUT2D eigenvalue weighted by molar-refractivity contribution is 5.97. The monoisotopic (exact) mass is 561 g/mol. The van der Waals surface area contributed by atoms with Crippen molar-refractivity contribution in [1.29, 1.82) is 0 Å². The van der Waals surface area contributed by atoms with Crippen molar-refractivity contribution in [2.75, 3.05) is 0 Å². The van der Waals surface area contributed by atoms with Gasteiger partial charge in [0, 0.05) is 30.5 Å². The molecule has 0 saturated carbocycles. The quantitative estimate of drug-likeness (QED) is 0.389. The summed E-state index contributed by atoms with van der Waals surface area (Å²) in [7, 11) is 0. The van der Waals surface area contributed by atoms with Gasteiger partial charge in [0.15, 0.2) is 0 Å². The number of nitrogens with one attached hydrogen (secondary N) is 3. The molecule has 3 aromatic rings. The predicted molar refractivity (Wildman–Crippen MR) is 153 cm³/mol. The average Bonchev–Trinajstić information content (AvgIpc) is 3.36. The number of aromatic nitrogens is 2. The number of hydrogen-bond donors (Lipinski definition) is 3. The number of halogens is 1. The second kappa shape index (κ2) is 12.4. The van der Waals surface area contributed by atoms with Crippen LogP contribution in [0.25, 0.3) is 0 Å². The maximum Gasteiger partial charge on any atom is 0.267 e. The number of carbonyl (C=O) groups is 3. The lowest BCUT2D eigenvalue weighted by molar-refractivity contribution is -0.137. The molecule has 3 amide bonds. The van der Waals surface area contributed by atoms with Crippen LogP contribution in [0.3, 0.4) is 0 Å². The molecule has 1 saturated heterocycles. The number of hydrogen-bond acceptors (Lipinski definition) is 5. The summed E-state index contributed by atoms with van der Waals surface area (Å²) in [5, 5.41) is 12.1. The number of nitrogens with zero attached hydrogens (tertiary/aromatic N) is 2. The van der Waals surface area contributed by atoms with Crippen molar-refractivity contribution >= 4 is 17.7 Å². The van der Waals surface area contributed by atoms with E-state index < -0.39 is 17.8 Å². The van der Waals surface area contributed by atoms with Crippen LogP contribution in [0.2, 0.25) is 0 Å². The zero-order valence-corrected chi connectivity index (χ0v) is 24.0. The third kappa shape index (κ3) is 6.87. The minimum absolute atomic E-state index is 0.206. The van der Waals surface area contributed by atoms with E-state index >= 15 is 0 Å². The van der Waals surface area contributed by atoms with Crippen LogP contribution in [0, 0.1) is 19.7 Å². The van der Waals surface area contributed by atoms with Gasteiger partial charge < -0.3 is 15.5 Å². The van der Waals surface area contributed by atoms with E-state index in [9.17, 15) is 23.6 Å². The summed E-state index contributed by atoms with van der Waals surface area (Å²) in [6.07, 6.45) is 1.62. The number of benzene rings is 2. The van der Waals surface area contributed by atoms with Gasteiger partial charge in [-0.15, -0.1) is 0 Å². The SMILES string of the molecule is CC(=O)N[C@@H](C)[C@H]1CC[C@@H](c2cccc(F)c2)N1C(=O)[C@@H](C)NC(=O)c1ccc(Cc2cc(C)n[nH]c2=O)c(C)c1. The third-order valence-electron chi connectivity index (χ3n) is 7.64. The second-order valence-corrected chi connectivity index (χ2v) is 10.8. The van der Waals surface area contributed by atoms with Crippen LogP contribution >= 0.6 is 0 Å². The molecule has 1 fully saturated rings. The highest BCUT2D eigenvalue weighted by Crippen LogP contribution is 2.38. The molecule has 216 valence electrons. The van der Waals surface area contributed by atoms with Gasteiger partial charge in [0.05, 0.1) is 17.8 Å². The van der Waals surface area contributed by atoms with E-state index in [0.29, 0.717) is 41.6 Å². The molecule has 2 heterocycles. The predicted octanol–water partition coefficient (Wildman–Crippen LogP) is 3.49. The molecule has 0 bridgehead atoms. The van der Waals surface area contributed by atoms with Crippen LogP contribution in [0.15, 0.2) is 53.3 Å². The first-order valence-electron chi connectivity index (χ1n) is 13.7. The lowest BCUT2D eigenvalue weighted by Gasteiger charge is -2.36.